The molecule has 2 aromatic heterocycles. The van der Waals surface area contributed by atoms with Crippen LogP contribution in [0.15, 0.2) is 136 Å². The first-order valence-electron chi connectivity index (χ1n) is 27.3. The molecule has 3 aliphatic rings. The summed E-state index contributed by atoms with van der Waals surface area (Å²) in [6.07, 6.45) is 1.35. The SMILES string of the molecule is CC1(C)CCC=C1B1OC(C)(C)C(C)(C)O1.CC1(C)CCC=C1c1ccc(COc2ccc([C@H](CC(=O)O)c3ccon3)cc2)cc1OC(F)(F)F.CCOC(=O)C[C@@H](c1ccc(OCc2ccc(Cl)c(OC(F)(F)F)c2)cc1)c1ccon1. The Morgan fingerprint density at radius 1 is 0.643 bits per heavy atom. The van der Waals surface area contributed by atoms with Gasteiger partial charge in [0.1, 0.15) is 48.7 Å². The molecule has 0 amide bonds. The standard InChI is InChI=1S/C27H26F3NO5.C22H19ClF3NO5.C13H23BO2/c1-26(2)12-3-4-22(26)20-10-5-17(14-24(20)36-27(28,29)30)16-34-19-8-6-18(7-9-19)21(15-25(32)33)23-11-13-35-31-23;1-2-29-21(28)12-17(19-9-10-31-27-19)15-4-6-16(7-5-15)30-13-14-3-8-18(23)20(11-14)32-22(24,25)26;1-11(2)9-7-8-10(11)14-15-12(3,4)13(5,6)16-14/h4-11,13-14,21H,3,12,15-16H2,1-2H3,(H,32,33);3-11,17H,2,12-13H2,1H3;8H,7,9H2,1-6H3/t21-;17-;/m00./s1. The van der Waals surface area contributed by atoms with E-state index in [2.05, 4.69) is 67.4 Å². The van der Waals surface area contributed by atoms with Crippen LogP contribution in [0.5, 0.6) is 23.0 Å². The molecule has 1 aliphatic heterocycles. The Morgan fingerprint density at radius 2 is 1.12 bits per heavy atom. The monoisotopic (exact) mass is 1190 g/mol. The van der Waals surface area contributed by atoms with Gasteiger partial charge in [0.15, 0.2) is 0 Å². The number of carboxylic acid groups (broad SMARTS) is 1. The van der Waals surface area contributed by atoms with Gasteiger partial charge in [-0.2, -0.15) is 0 Å². The highest BCUT2D eigenvalue weighted by Gasteiger charge is 2.55. The number of carbonyl (C=O) groups excluding carboxylic acids is 1. The third-order valence-corrected chi connectivity index (χ3v) is 15.4. The van der Waals surface area contributed by atoms with Gasteiger partial charge >= 0.3 is 31.8 Å². The first kappa shape index (κ1) is 64.3. The number of esters is 1. The fourth-order valence-corrected chi connectivity index (χ4v) is 10.0. The third-order valence-electron chi connectivity index (χ3n) is 15.1. The number of alkyl halides is 6. The summed E-state index contributed by atoms with van der Waals surface area (Å²) in [7, 11) is -0.150. The molecule has 9 rings (SSSR count). The van der Waals surface area contributed by atoms with E-state index >= 15 is 0 Å². The fourth-order valence-electron chi connectivity index (χ4n) is 9.86. The van der Waals surface area contributed by atoms with Crippen molar-refractivity contribution in [2.24, 2.45) is 10.8 Å². The third kappa shape index (κ3) is 17.4. The molecule has 14 nitrogen and oxygen atoms in total. The number of rotatable bonds is 19. The molecule has 2 atom stereocenters. The number of ether oxygens (including phenoxy) is 5. The summed E-state index contributed by atoms with van der Waals surface area (Å²) in [5.74, 6) is -1.96. The van der Waals surface area contributed by atoms with Crippen LogP contribution in [0.2, 0.25) is 5.02 Å². The molecule has 4 aromatic carbocycles. The first-order valence-corrected chi connectivity index (χ1v) is 27.6. The lowest BCUT2D eigenvalue weighted by molar-refractivity contribution is -0.275. The Bertz CT molecular complexity index is 3200. The second-order valence-corrected chi connectivity index (χ2v) is 23.1. The maximum absolute atomic E-state index is 13.1. The molecule has 2 aliphatic carbocycles. The molecule has 0 spiro atoms. The lowest BCUT2D eigenvalue weighted by Gasteiger charge is -2.32. The smallest absolute Gasteiger partial charge is 0.489 e. The zero-order valence-corrected chi connectivity index (χ0v) is 48.9. The normalized spacial score (nSPS) is 17.3. The number of carboxylic acids is 1. The van der Waals surface area contributed by atoms with Gasteiger partial charge in [0.2, 0.25) is 0 Å². The van der Waals surface area contributed by atoms with Crippen molar-refractivity contribution >= 4 is 36.2 Å². The van der Waals surface area contributed by atoms with Gasteiger partial charge < -0.3 is 47.1 Å². The van der Waals surface area contributed by atoms with Crippen molar-refractivity contribution in [2.75, 3.05) is 6.61 Å². The van der Waals surface area contributed by atoms with Crippen LogP contribution in [0.3, 0.4) is 0 Å². The zero-order chi connectivity index (χ0) is 61.3. The van der Waals surface area contributed by atoms with Gasteiger partial charge in [0.05, 0.1) is 47.1 Å². The molecule has 6 aromatic rings. The molecule has 0 radical (unpaired) electrons. The Labute approximate surface area is 489 Å². The maximum Gasteiger partial charge on any atom is 0.573 e. The quantitative estimate of drug-likeness (QED) is 0.0461. The molecule has 84 heavy (non-hydrogen) atoms. The van der Waals surface area contributed by atoms with E-state index in [1.54, 1.807) is 85.8 Å². The van der Waals surface area contributed by atoms with E-state index in [4.69, 9.17) is 44.2 Å². The molecule has 0 bridgehead atoms. The summed E-state index contributed by atoms with van der Waals surface area (Å²) in [6, 6.07) is 25.8. The summed E-state index contributed by atoms with van der Waals surface area (Å²) in [6.45, 7) is 19.0. The molecule has 3 heterocycles. The Balaban J connectivity index is 0.000000193. The number of aliphatic carboxylic acids is 1. The van der Waals surface area contributed by atoms with Crippen LogP contribution in [0, 0.1) is 10.8 Å². The Hall–Kier alpha value is -7.23. The lowest BCUT2D eigenvalue weighted by Crippen LogP contribution is -2.41. The number of allylic oxidation sites excluding steroid dienone is 4. The van der Waals surface area contributed by atoms with E-state index in [1.807, 2.05) is 19.9 Å². The van der Waals surface area contributed by atoms with E-state index in [1.165, 1.54) is 42.6 Å². The number of aromatic nitrogens is 2. The first-order chi connectivity index (χ1) is 39.4. The zero-order valence-electron chi connectivity index (χ0n) is 48.1. The summed E-state index contributed by atoms with van der Waals surface area (Å²) >= 11 is 5.75. The topological polar surface area (TPSA) is 171 Å². The summed E-state index contributed by atoms with van der Waals surface area (Å²) in [5.41, 5.74) is 5.70. The molecule has 0 unspecified atom stereocenters. The van der Waals surface area contributed by atoms with Crippen molar-refractivity contribution < 1.29 is 83.1 Å². The molecule has 1 saturated heterocycles. The number of hydrogen-bond acceptors (Lipinski definition) is 13. The molecular formula is C62H68BClF6N2O12. The number of halogens is 7. The summed E-state index contributed by atoms with van der Waals surface area (Å²) in [4.78, 5) is 23.3. The maximum atomic E-state index is 13.1. The number of nitrogens with zero attached hydrogens (tertiary/aromatic N) is 2. The van der Waals surface area contributed by atoms with Gasteiger partial charge in [0.25, 0.3) is 0 Å². The minimum Gasteiger partial charge on any atom is -0.489 e. The van der Waals surface area contributed by atoms with Crippen LogP contribution in [0.1, 0.15) is 152 Å². The Morgan fingerprint density at radius 3 is 1.56 bits per heavy atom. The van der Waals surface area contributed by atoms with E-state index in [0.29, 0.717) is 39.6 Å². The number of benzene rings is 4. The highest BCUT2D eigenvalue weighted by atomic mass is 35.5. The predicted molar refractivity (Wildman–Crippen MR) is 301 cm³/mol. The van der Waals surface area contributed by atoms with Crippen molar-refractivity contribution in [1.82, 2.24) is 10.3 Å². The largest absolute Gasteiger partial charge is 0.573 e. The molecule has 450 valence electrons. The molecule has 1 fully saturated rings. The van der Waals surface area contributed by atoms with Crippen molar-refractivity contribution in [2.45, 2.75) is 150 Å². The van der Waals surface area contributed by atoms with Gasteiger partial charge in [-0.25, -0.2) is 0 Å². The molecule has 0 saturated carbocycles. The van der Waals surface area contributed by atoms with Crippen LogP contribution in [-0.4, -0.2) is 65.0 Å². The van der Waals surface area contributed by atoms with Crippen molar-refractivity contribution in [3.63, 3.8) is 0 Å². The van der Waals surface area contributed by atoms with Crippen molar-refractivity contribution in [1.29, 1.82) is 0 Å². The van der Waals surface area contributed by atoms with Crippen molar-refractivity contribution in [3.05, 3.63) is 171 Å². The van der Waals surface area contributed by atoms with E-state index < -0.39 is 30.4 Å². The molecule has 1 N–H and O–H groups in total. The van der Waals surface area contributed by atoms with Gasteiger partial charge in [-0.05, 0) is 147 Å². The van der Waals surface area contributed by atoms with Gasteiger partial charge in [-0.1, -0.05) is 104 Å². The number of carbonyl (C=O) groups is 2. The Kier molecular flexibility index (Phi) is 20.5. The van der Waals surface area contributed by atoms with Crippen LogP contribution >= 0.6 is 11.6 Å². The van der Waals surface area contributed by atoms with Crippen molar-refractivity contribution in [3.8, 4) is 23.0 Å². The van der Waals surface area contributed by atoms with E-state index in [9.17, 15) is 41.0 Å². The molecular weight excluding hydrogens is 1120 g/mol. The van der Waals surface area contributed by atoms with Crippen LogP contribution in [0.25, 0.3) is 5.57 Å². The lowest BCUT2D eigenvalue weighted by atomic mass is 9.65. The molecule has 22 heteroatoms. The highest BCUT2D eigenvalue weighted by molar-refractivity contribution is 6.55. The second kappa shape index (κ2) is 26.8. The van der Waals surface area contributed by atoms with Gasteiger partial charge in [-0.3, -0.25) is 9.59 Å². The van der Waals surface area contributed by atoms with Crippen LogP contribution in [-0.2, 0) is 36.8 Å². The average molecular weight is 1190 g/mol. The predicted octanol–water partition coefficient (Wildman–Crippen LogP) is 16.2. The van der Waals surface area contributed by atoms with Crippen LogP contribution in [0.4, 0.5) is 26.3 Å². The fraction of sp³-hybridized carbons (Fsp3) is 0.419. The average Bonchev–Trinajstić information content (AvgIpc) is 3.49. The second-order valence-electron chi connectivity index (χ2n) is 22.7. The van der Waals surface area contributed by atoms with Crippen LogP contribution < -0.4 is 18.9 Å². The van der Waals surface area contributed by atoms with E-state index in [0.717, 1.165) is 36.0 Å². The van der Waals surface area contributed by atoms with Gasteiger partial charge in [0, 0.05) is 29.5 Å². The minimum absolute atomic E-state index is 0.000271. The minimum atomic E-state index is -4.84. The highest BCUT2D eigenvalue weighted by Crippen LogP contribution is 2.49. The number of hydrogen-bond donors (Lipinski definition) is 1. The van der Waals surface area contributed by atoms with Gasteiger partial charge in [-0.15, -0.1) is 26.3 Å². The summed E-state index contributed by atoms with van der Waals surface area (Å²) in [5, 5.41) is 16.9. The summed E-state index contributed by atoms with van der Waals surface area (Å²) < 4.78 is 124. The van der Waals surface area contributed by atoms with E-state index in [-0.39, 0.29) is 84.5 Å².